The molecule has 4 rings (SSSR count). The molecule has 2 aromatic carbocycles. The lowest BCUT2D eigenvalue weighted by molar-refractivity contribution is 0.0940. The van der Waals surface area contributed by atoms with Crippen LogP contribution in [0.2, 0.25) is 0 Å². The maximum Gasteiger partial charge on any atom is 0.272 e. The Kier molecular flexibility index (Phi) is 5.61. The first-order chi connectivity index (χ1) is 14.6. The van der Waals surface area contributed by atoms with Gasteiger partial charge in [0.1, 0.15) is 5.82 Å². The standard InChI is InChI=1S/C23H23FN4O2/c1-25-22(29)16-8-6-15(7-9-16)14-26-23(30)21-19-4-2-3-5-20(19)28(27-21)18-12-10-17(24)11-13-18/h6-13H,2-5,14H2,1H3,(H,25,29)(H,26,30). The lowest BCUT2D eigenvalue weighted by atomic mass is 9.95. The number of carbonyl (C=O) groups is 2. The normalized spacial score (nSPS) is 12.9. The zero-order valence-electron chi connectivity index (χ0n) is 16.7. The molecule has 30 heavy (non-hydrogen) atoms. The number of aromatic nitrogens is 2. The van der Waals surface area contributed by atoms with Crippen LogP contribution in [0, 0.1) is 5.82 Å². The molecule has 154 valence electrons. The number of halogens is 1. The third kappa shape index (κ3) is 3.96. The van der Waals surface area contributed by atoms with Crippen molar-refractivity contribution < 1.29 is 14.0 Å². The molecule has 0 unspecified atom stereocenters. The van der Waals surface area contributed by atoms with Crippen molar-refractivity contribution in [3.05, 3.63) is 82.4 Å². The van der Waals surface area contributed by atoms with Crippen molar-refractivity contribution in [2.24, 2.45) is 0 Å². The number of fused-ring (bicyclic) bond motifs is 1. The Hall–Kier alpha value is -3.48. The second kappa shape index (κ2) is 8.49. The summed E-state index contributed by atoms with van der Waals surface area (Å²) in [5.41, 5.74) is 4.63. The topological polar surface area (TPSA) is 76.0 Å². The van der Waals surface area contributed by atoms with Crippen LogP contribution in [0.4, 0.5) is 4.39 Å². The highest BCUT2D eigenvalue weighted by molar-refractivity contribution is 5.94. The molecule has 7 heteroatoms. The maximum absolute atomic E-state index is 13.3. The van der Waals surface area contributed by atoms with Crippen LogP contribution in [0.3, 0.4) is 0 Å². The van der Waals surface area contributed by atoms with Gasteiger partial charge >= 0.3 is 0 Å². The van der Waals surface area contributed by atoms with Gasteiger partial charge in [0.15, 0.2) is 5.69 Å². The van der Waals surface area contributed by atoms with E-state index in [0.29, 0.717) is 17.8 Å². The predicted octanol–water partition coefficient (Wildman–Crippen LogP) is 3.18. The number of benzene rings is 2. The molecule has 0 fully saturated rings. The Morgan fingerprint density at radius 1 is 1.00 bits per heavy atom. The van der Waals surface area contributed by atoms with Crippen LogP contribution in [0.1, 0.15) is 50.5 Å². The summed E-state index contributed by atoms with van der Waals surface area (Å²) in [6.07, 6.45) is 3.70. The molecule has 1 aliphatic carbocycles. The number of amides is 2. The second-order valence-electron chi connectivity index (χ2n) is 7.33. The van der Waals surface area contributed by atoms with Crippen LogP contribution in [-0.4, -0.2) is 28.6 Å². The van der Waals surface area contributed by atoms with E-state index in [1.807, 2.05) is 12.1 Å². The lowest BCUT2D eigenvalue weighted by Gasteiger charge is -2.14. The predicted molar refractivity (Wildman–Crippen MR) is 111 cm³/mol. The fraction of sp³-hybridized carbons (Fsp3) is 0.261. The van der Waals surface area contributed by atoms with Crippen molar-refractivity contribution in [3.8, 4) is 5.69 Å². The van der Waals surface area contributed by atoms with Crippen molar-refractivity contribution in [2.45, 2.75) is 32.2 Å². The first kappa shape index (κ1) is 19.8. The molecular weight excluding hydrogens is 383 g/mol. The highest BCUT2D eigenvalue weighted by atomic mass is 19.1. The Labute approximate surface area is 174 Å². The van der Waals surface area contributed by atoms with Crippen molar-refractivity contribution >= 4 is 11.8 Å². The van der Waals surface area contributed by atoms with E-state index in [2.05, 4.69) is 15.7 Å². The molecule has 0 spiro atoms. The highest BCUT2D eigenvalue weighted by Gasteiger charge is 2.25. The van der Waals surface area contributed by atoms with Crippen LogP contribution >= 0.6 is 0 Å². The lowest BCUT2D eigenvalue weighted by Crippen LogP contribution is -2.25. The summed E-state index contributed by atoms with van der Waals surface area (Å²) in [6, 6.07) is 13.2. The molecule has 0 bridgehead atoms. The number of hydrogen-bond donors (Lipinski definition) is 2. The van der Waals surface area contributed by atoms with Crippen molar-refractivity contribution in [3.63, 3.8) is 0 Å². The number of nitrogens with one attached hydrogen (secondary N) is 2. The average Bonchev–Trinajstić information content (AvgIpc) is 3.17. The van der Waals surface area contributed by atoms with Gasteiger partial charge in [0.25, 0.3) is 11.8 Å². The molecule has 1 aliphatic rings. The third-order valence-corrected chi connectivity index (χ3v) is 5.36. The van der Waals surface area contributed by atoms with Crippen LogP contribution in [0.5, 0.6) is 0 Å². The summed E-state index contributed by atoms with van der Waals surface area (Å²) in [4.78, 5) is 24.5. The molecule has 0 radical (unpaired) electrons. The fourth-order valence-corrected chi connectivity index (χ4v) is 3.76. The van der Waals surface area contributed by atoms with E-state index in [-0.39, 0.29) is 17.6 Å². The molecule has 0 saturated heterocycles. The van der Waals surface area contributed by atoms with Gasteiger partial charge in [-0.1, -0.05) is 12.1 Å². The number of carbonyl (C=O) groups excluding carboxylic acids is 2. The van der Waals surface area contributed by atoms with E-state index < -0.39 is 0 Å². The quantitative estimate of drug-likeness (QED) is 0.683. The molecule has 1 aromatic heterocycles. The summed E-state index contributed by atoms with van der Waals surface area (Å²) >= 11 is 0. The van der Waals surface area contributed by atoms with Crippen LogP contribution in [-0.2, 0) is 19.4 Å². The van der Waals surface area contributed by atoms with E-state index in [4.69, 9.17) is 0 Å². The average molecular weight is 406 g/mol. The van der Waals surface area contributed by atoms with Gasteiger partial charge in [0.2, 0.25) is 0 Å². The minimum absolute atomic E-state index is 0.149. The monoisotopic (exact) mass is 406 g/mol. The van der Waals surface area contributed by atoms with Gasteiger partial charge < -0.3 is 10.6 Å². The molecule has 3 aromatic rings. The number of hydrogen-bond acceptors (Lipinski definition) is 3. The fourth-order valence-electron chi connectivity index (χ4n) is 3.76. The third-order valence-electron chi connectivity index (χ3n) is 5.36. The van der Waals surface area contributed by atoms with E-state index in [9.17, 15) is 14.0 Å². The molecule has 0 saturated carbocycles. The molecule has 1 heterocycles. The van der Waals surface area contributed by atoms with Crippen molar-refractivity contribution in [2.75, 3.05) is 7.05 Å². The Bertz CT molecular complexity index is 1070. The molecule has 6 nitrogen and oxygen atoms in total. The smallest absolute Gasteiger partial charge is 0.272 e. The highest BCUT2D eigenvalue weighted by Crippen LogP contribution is 2.27. The number of rotatable bonds is 5. The van der Waals surface area contributed by atoms with Gasteiger partial charge in [-0.2, -0.15) is 5.10 Å². The van der Waals surface area contributed by atoms with Crippen LogP contribution in [0.15, 0.2) is 48.5 Å². The molecule has 2 amide bonds. The van der Waals surface area contributed by atoms with E-state index >= 15 is 0 Å². The summed E-state index contributed by atoms with van der Waals surface area (Å²) < 4.78 is 15.1. The van der Waals surface area contributed by atoms with Gasteiger partial charge in [-0.15, -0.1) is 0 Å². The largest absolute Gasteiger partial charge is 0.355 e. The Morgan fingerprint density at radius 3 is 2.40 bits per heavy atom. The van der Waals surface area contributed by atoms with Crippen LogP contribution < -0.4 is 10.6 Å². The minimum Gasteiger partial charge on any atom is -0.355 e. The zero-order chi connectivity index (χ0) is 21.1. The molecule has 0 atom stereocenters. The maximum atomic E-state index is 13.3. The second-order valence-corrected chi connectivity index (χ2v) is 7.33. The van der Waals surface area contributed by atoms with E-state index in [1.54, 1.807) is 36.0 Å². The SMILES string of the molecule is CNC(=O)c1ccc(CNC(=O)c2nn(-c3ccc(F)cc3)c3c2CCCC3)cc1. The first-order valence-corrected chi connectivity index (χ1v) is 10.0. The Balaban J connectivity index is 1.54. The minimum atomic E-state index is -0.305. The zero-order valence-corrected chi connectivity index (χ0v) is 16.7. The first-order valence-electron chi connectivity index (χ1n) is 10.0. The van der Waals surface area contributed by atoms with Gasteiger partial charge in [-0.25, -0.2) is 9.07 Å². The van der Waals surface area contributed by atoms with E-state index in [0.717, 1.165) is 48.2 Å². The number of nitrogens with zero attached hydrogens (tertiary/aromatic N) is 2. The van der Waals surface area contributed by atoms with Gasteiger partial charge in [0, 0.05) is 30.4 Å². The van der Waals surface area contributed by atoms with Gasteiger partial charge in [-0.3, -0.25) is 9.59 Å². The van der Waals surface area contributed by atoms with Crippen molar-refractivity contribution in [1.29, 1.82) is 0 Å². The van der Waals surface area contributed by atoms with Gasteiger partial charge in [0.05, 0.1) is 5.69 Å². The summed E-state index contributed by atoms with van der Waals surface area (Å²) in [5.74, 6) is -0.687. The van der Waals surface area contributed by atoms with Gasteiger partial charge in [-0.05, 0) is 67.6 Å². The summed E-state index contributed by atoms with van der Waals surface area (Å²) in [6.45, 7) is 0.338. The summed E-state index contributed by atoms with van der Waals surface area (Å²) in [5, 5.41) is 10.1. The van der Waals surface area contributed by atoms with E-state index in [1.165, 1.54) is 12.1 Å². The van der Waals surface area contributed by atoms with Crippen molar-refractivity contribution in [1.82, 2.24) is 20.4 Å². The molecule has 2 N–H and O–H groups in total. The van der Waals surface area contributed by atoms with Crippen LogP contribution in [0.25, 0.3) is 5.69 Å². The molecular formula is C23H23FN4O2. The summed E-state index contributed by atoms with van der Waals surface area (Å²) in [7, 11) is 1.59. The molecule has 0 aliphatic heterocycles. The Morgan fingerprint density at radius 2 is 1.70 bits per heavy atom.